The number of anilines is 1. The molecule has 19 heavy (non-hydrogen) atoms. The van der Waals surface area contributed by atoms with Gasteiger partial charge in [-0.25, -0.2) is 13.4 Å². The summed E-state index contributed by atoms with van der Waals surface area (Å²) in [5.74, 6) is 0.202. The highest BCUT2D eigenvalue weighted by Crippen LogP contribution is 2.35. The van der Waals surface area contributed by atoms with Crippen LogP contribution in [0.4, 0.5) is 5.69 Å². The van der Waals surface area contributed by atoms with Gasteiger partial charge in [0.2, 0.25) is 5.88 Å². The lowest BCUT2D eigenvalue weighted by Crippen LogP contribution is -2.12. The molecule has 0 amide bonds. The van der Waals surface area contributed by atoms with Gasteiger partial charge in [-0.15, -0.1) is 11.3 Å². The first kappa shape index (κ1) is 14.6. The van der Waals surface area contributed by atoms with E-state index in [4.69, 9.17) is 16.3 Å². The maximum absolute atomic E-state index is 12.2. The lowest BCUT2D eigenvalue weighted by atomic mass is 10.4. The second-order valence-corrected chi connectivity index (χ2v) is 8.04. The highest BCUT2D eigenvalue weighted by atomic mass is 79.9. The number of aromatic nitrogens is 1. The number of ether oxygens (including phenoxy) is 1. The minimum absolute atomic E-state index is 0.107. The fourth-order valence-corrected chi connectivity index (χ4v) is 4.74. The van der Waals surface area contributed by atoms with Crippen molar-refractivity contribution in [2.45, 2.75) is 4.21 Å². The maximum Gasteiger partial charge on any atom is 0.271 e. The molecule has 5 nitrogen and oxygen atoms in total. The molecular weight excluding hydrogens is 376 g/mol. The largest absolute Gasteiger partial charge is 0.480 e. The number of thiophene rings is 1. The van der Waals surface area contributed by atoms with E-state index >= 15 is 0 Å². The molecule has 0 saturated carbocycles. The molecule has 0 bridgehead atoms. The van der Waals surface area contributed by atoms with Crippen molar-refractivity contribution in [2.24, 2.45) is 0 Å². The summed E-state index contributed by atoms with van der Waals surface area (Å²) in [7, 11) is -2.30. The van der Waals surface area contributed by atoms with Crippen LogP contribution in [0.2, 0.25) is 5.02 Å². The van der Waals surface area contributed by atoms with Gasteiger partial charge in [0, 0.05) is 6.20 Å². The highest BCUT2D eigenvalue weighted by molar-refractivity contribution is 9.11. The molecule has 0 fully saturated rings. The number of methoxy groups -OCH3 is 1. The molecule has 0 unspecified atom stereocenters. The van der Waals surface area contributed by atoms with E-state index < -0.39 is 10.0 Å². The molecule has 2 rings (SSSR count). The summed E-state index contributed by atoms with van der Waals surface area (Å²) >= 11 is 10.0. The molecule has 2 aromatic heterocycles. The first-order valence-electron chi connectivity index (χ1n) is 4.90. The van der Waals surface area contributed by atoms with Gasteiger partial charge in [-0.1, -0.05) is 11.6 Å². The second kappa shape index (κ2) is 5.66. The van der Waals surface area contributed by atoms with Crippen LogP contribution < -0.4 is 9.46 Å². The van der Waals surface area contributed by atoms with Gasteiger partial charge >= 0.3 is 0 Å². The minimum Gasteiger partial charge on any atom is -0.480 e. The molecule has 0 saturated heterocycles. The topological polar surface area (TPSA) is 68.3 Å². The highest BCUT2D eigenvalue weighted by Gasteiger charge is 2.20. The van der Waals surface area contributed by atoms with E-state index in [-0.39, 0.29) is 15.8 Å². The molecule has 1 N–H and O–H groups in total. The summed E-state index contributed by atoms with van der Waals surface area (Å²) in [5.41, 5.74) is 0.269. The third kappa shape index (κ3) is 3.19. The SMILES string of the molecule is COc1ncccc1NS(=O)(=O)c1cc(Cl)c(Br)s1. The second-order valence-electron chi connectivity index (χ2n) is 3.35. The average molecular weight is 384 g/mol. The zero-order chi connectivity index (χ0) is 14.0. The summed E-state index contributed by atoms with van der Waals surface area (Å²) in [5, 5.41) is 0.350. The Morgan fingerprint density at radius 1 is 1.53 bits per heavy atom. The van der Waals surface area contributed by atoms with Crippen LogP contribution in [0.1, 0.15) is 0 Å². The number of sulfonamides is 1. The van der Waals surface area contributed by atoms with E-state index in [0.717, 1.165) is 11.3 Å². The van der Waals surface area contributed by atoms with Gasteiger partial charge in [0.25, 0.3) is 10.0 Å². The van der Waals surface area contributed by atoms with Crippen molar-refractivity contribution < 1.29 is 13.2 Å². The Bertz CT molecular complexity index is 683. The molecule has 0 spiro atoms. The fraction of sp³-hybridized carbons (Fsp3) is 0.100. The number of nitrogens with zero attached hydrogens (tertiary/aromatic N) is 1. The molecule has 9 heteroatoms. The fourth-order valence-electron chi connectivity index (χ4n) is 1.29. The monoisotopic (exact) mass is 382 g/mol. The molecule has 102 valence electrons. The molecule has 2 heterocycles. The number of hydrogen-bond acceptors (Lipinski definition) is 5. The Balaban J connectivity index is 2.36. The number of halogens is 2. The van der Waals surface area contributed by atoms with E-state index in [2.05, 4.69) is 25.6 Å². The molecule has 2 aromatic rings. The average Bonchev–Trinajstić information content (AvgIpc) is 2.71. The molecule has 0 aliphatic carbocycles. The van der Waals surface area contributed by atoms with Crippen LogP contribution in [0.25, 0.3) is 0 Å². The number of rotatable bonds is 4. The first-order valence-corrected chi connectivity index (χ1v) is 8.38. The van der Waals surface area contributed by atoms with Crippen molar-refractivity contribution >= 4 is 54.6 Å². The van der Waals surface area contributed by atoms with E-state index in [0.29, 0.717) is 8.81 Å². The van der Waals surface area contributed by atoms with E-state index in [1.54, 1.807) is 12.1 Å². The Labute approximate surface area is 127 Å². The van der Waals surface area contributed by atoms with E-state index in [9.17, 15) is 8.42 Å². The summed E-state index contributed by atoms with van der Waals surface area (Å²) in [6.45, 7) is 0. The summed E-state index contributed by atoms with van der Waals surface area (Å²) in [6.07, 6.45) is 1.51. The van der Waals surface area contributed by atoms with Crippen LogP contribution >= 0.6 is 38.9 Å². The predicted molar refractivity (Wildman–Crippen MR) is 78.6 cm³/mol. The molecular formula is C10H8BrClN2O3S2. The van der Waals surface area contributed by atoms with Crippen molar-refractivity contribution in [3.8, 4) is 5.88 Å². The van der Waals surface area contributed by atoms with Crippen LogP contribution in [0.3, 0.4) is 0 Å². The molecule has 0 aliphatic heterocycles. The number of hydrogen-bond donors (Lipinski definition) is 1. The lowest BCUT2D eigenvalue weighted by Gasteiger charge is -2.09. The van der Waals surface area contributed by atoms with Gasteiger partial charge in [0.05, 0.1) is 15.9 Å². The number of nitrogens with one attached hydrogen (secondary N) is 1. The van der Waals surface area contributed by atoms with Crippen molar-refractivity contribution in [3.63, 3.8) is 0 Å². The van der Waals surface area contributed by atoms with Crippen LogP contribution in [0.15, 0.2) is 32.4 Å². The lowest BCUT2D eigenvalue weighted by molar-refractivity contribution is 0.400. The van der Waals surface area contributed by atoms with Gasteiger partial charge in [-0.3, -0.25) is 4.72 Å². The van der Waals surface area contributed by atoms with Gasteiger partial charge in [0.1, 0.15) is 9.90 Å². The number of pyridine rings is 1. The van der Waals surface area contributed by atoms with Crippen LogP contribution in [-0.2, 0) is 10.0 Å². The zero-order valence-corrected chi connectivity index (χ0v) is 13.5. The third-order valence-electron chi connectivity index (χ3n) is 2.10. The third-order valence-corrected chi connectivity index (χ3v) is 6.41. The van der Waals surface area contributed by atoms with Crippen molar-refractivity contribution in [1.82, 2.24) is 4.98 Å². The van der Waals surface area contributed by atoms with Crippen molar-refractivity contribution in [3.05, 3.63) is 33.2 Å². The standard InChI is InChI=1S/C10H8BrClN2O3S2/c1-17-10-7(3-2-4-13-10)14-19(15,16)8-5-6(12)9(11)18-8/h2-5,14H,1H3. The molecule has 0 aliphatic rings. The Kier molecular flexibility index (Phi) is 4.34. The summed E-state index contributed by atoms with van der Waals surface area (Å²) in [6, 6.07) is 4.55. The van der Waals surface area contributed by atoms with Crippen molar-refractivity contribution in [2.75, 3.05) is 11.8 Å². The predicted octanol–water partition coefficient (Wildman–Crippen LogP) is 3.37. The minimum atomic E-state index is -3.71. The van der Waals surface area contributed by atoms with E-state index in [1.165, 1.54) is 19.4 Å². The molecule has 0 aromatic carbocycles. The molecule has 0 radical (unpaired) electrons. The van der Waals surface area contributed by atoms with Gasteiger partial charge in [-0.05, 0) is 34.1 Å². The van der Waals surface area contributed by atoms with Gasteiger partial charge in [0.15, 0.2) is 0 Å². The van der Waals surface area contributed by atoms with Gasteiger partial charge < -0.3 is 4.74 Å². The van der Waals surface area contributed by atoms with E-state index in [1.807, 2.05) is 0 Å². The Hall–Kier alpha value is -0.830. The smallest absolute Gasteiger partial charge is 0.271 e. The Morgan fingerprint density at radius 2 is 2.26 bits per heavy atom. The maximum atomic E-state index is 12.2. The Morgan fingerprint density at radius 3 is 2.84 bits per heavy atom. The van der Waals surface area contributed by atoms with Crippen LogP contribution in [0, 0.1) is 0 Å². The quantitative estimate of drug-likeness (QED) is 0.879. The molecule has 0 atom stereocenters. The van der Waals surface area contributed by atoms with Crippen LogP contribution in [0.5, 0.6) is 5.88 Å². The zero-order valence-electron chi connectivity index (χ0n) is 9.55. The normalized spacial score (nSPS) is 11.3. The van der Waals surface area contributed by atoms with Crippen molar-refractivity contribution in [1.29, 1.82) is 0 Å². The summed E-state index contributed by atoms with van der Waals surface area (Å²) < 4.78 is 32.4. The van der Waals surface area contributed by atoms with Crippen LogP contribution in [-0.4, -0.2) is 20.5 Å². The van der Waals surface area contributed by atoms with Gasteiger partial charge in [-0.2, -0.15) is 0 Å². The summed E-state index contributed by atoms with van der Waals surface area (Å²) in [4.78, 5) is 3.92. The first-order chi connectivity index (χ1) is 8.94.